The Hall–Kier alpha value is -4.81. The third-order valence-corrected chi connectivity index (χ3v) is 10.0. The number of hydrogen-bond donors (Lipinski definition) is 0. The minimum absolute atomic E-state index is 0.0211. The van der Waals surface area contributed by atoms with Crippen LogP contribution < -0.4 is 20.1 Å². The second-order valence-corrected chi connectivity index (χ2v) is 14.0. The first kappa shape index (κ1) is 36.0. The monoisotopic (exact) mass is 718 g/mol. The molecule has 1 fully saturated rings. The summed E-state index contributed by atoms with van der Waals surface area (Å²) in [5, 5.41) is 0.122. The number of aryl methyl sites for hydroxylation is 1. The lowest BCUT2D eigenvalue weighted by Crippen LogP contribution is -2.67. The van der Waals surface area contributed by atoms with Crippen molar-refractivity contribution >= 4 is 45.7 Å². The minimum atomic E-state index is -0.944. The van der Waals surface area contributed by atoms with E-state index in [1.54, 1.807) is 29.0 Å². The van der Waals surface area contributed by atoms with Crippen LogP contribution in [0.2, 0.25) is 5.02 Å². The Morgan fingerprint density at radius 1 is 1.14 bits per heavy atom. The lowest BCUT2D eigenvalue weighted by atomic mass is 9.94. The zero-order valence-corrected chi connectivity index (χ0v) is 30.5. The number of fused-ring (bicyclic) bond motifs is 5. The Labute approximate surface area is 300 Å². The molecule has 0 spiro atoms. The van der Waals surface area contributed by atoms with E-state index in [4.69, 9.17) is 16.3 Å². The molecule has 4 aromatic rings. The molecule has 0 aliphatic carbocycles. The molecule has 0 saturated carbocycles. The molecule has 2 aromatic carbocycles. The van der Waals surface area contributed by atoms with Crippen molar-refractivity contribution in [2.24, 2.45) is 0 Å². The molecule has 2 aliphatic rings. The molecule has 0 bridgehead atoms. The van der Waals surface area contributed by atoms with Crippen molar-refractivity contribution in [1.82, 2.24) is 19.4 Å². The number of aromatic nitrogens is 2. The normalized spacial score (nSPS) is 17.3. The molecule has 2 amide bonds. The Morgan fingerprint density at radius 3 is 2.51 bits per heavy atom. The van der Waals surface area contributed by atoms with Crippen molar-refractivity contribution in [3.63, 3.8) is 0 Å². The number of benzene rings is 2. The van der Waals surface area contributed by atoms with Gasteiger partial charge in [0.1, 0.15) is 23.3 Å². The molecular formula is C38H41ClF2N6O4. The molecular weight excluding hydrogens is 678 g/mol. The fourth-order valence-corrected chi connectivity index (χ4v) is 7.58. The van der Waals surface area contributed by atoms with E-state index in [0.717, 1.165) is 0 Å². The first-order chi connectivity index (χ1) is 24.2. The summed E-state index contributed by atoms with van der Waals surface area (Å²) in [4.78, 5) is 54.1. The Bertz CT molecular complexity index is 2150. The van der Waals surface area contributed by atoms with Crippen molar-refractivity contribution in [1.29, 1.82) is 0 Å². The van der Waals surface area contributed by atoms with Crippen LogP contribution in [0.3, 0.4) is 0 Å². The van der Waals surface area contributed by atoms with E-state index in [0.29, 0.717) is 29.2 Å². The Morgan fingerprint density at radius 2 is 1.86 bits per heavy atom. The van der Waals surface area contributed by atoms with E-state index in [2.05, 4.69) is 11.6 Å². The highest BCUT2D eigenvalue weighted by Gasteiger charge is 2.47. The molecule has 10 nitrogen and oxygen atoms in total. The fraction of sp³-hybridized carbons (Fsp3) is 0.368. The predicted octanol–water partition coefficient (Wildman–Crippen LogP) is 5.92. The maximum absolute atomic E-state index is 17.8. The zero-order valence-electron chi connectivity index (χ0n) is 29.8. The van der Waals surface area contributed by atoms with Crippen LogP contribution in [0.4, 0.5) is 20.2 Å². The quantitative estimate of drug-likeness (QED) is 0.209. The number of pyridine rings is 2. The summed E-state index contributed by atoms with van der Waals surface area (Å²) in [5.41, 5.74) is 0.629. The van der Waals surface area contributed by atoms with Gasteiger partial charge in [-0.1, -0.05) is 38.1 Å². The van der Waals surface area contributed by atoms with E-state index >= 15 is 13.6 Å². The lowest BCUT2D eigenvalue weighted by Gasteiger charge is -2.50. The van der Waals surface area contributed by atoms with E-state index in [-0.39, 0.29) is 75.9 Å². The van der Waals surface area contributed by atoms with Gasteiger partial charge < -0.3 is 24.3 Å². The van der Waals surface area contributed by atoms with Gasteiger partial charge in [-0.05, 0) is 69.8 Å². The highest BCUT2D eigenvalue weighted by Crippen LogP contribution is 2.48. The lowest BCUT2D eigenvalue weighted by molar-refractivity contribution is -0.130. The SMILES string of the molecule is C=CC(=O)N1C[C@@H]2C(=O)N(CCN(C)C)c3c(c4cc(Cl)c(-c5c(F)cccc5OC)c(F)c4n(-c4c(C)ccnc4C(C)C)c3=O)N2C[C@H]1C. The highest BCUT2D eigenvalue weighted by atomic mass is 35.5. The first-order valence-electron chi connectivity index (χ1n) is 16.8. The van der Waals surface area contributed by atoms with Crippen LogP contribution in [0.5, 0.6) is 5.75 Å². The number of halogens is 3. The average Bonchev–Trinajstić information content (AvgIpc) is 3.08. The number of likely N-dealkylation sites (N-methyl/N-ethyl adjacent to an activating group) is 1. The van der Waals surface area contributed by atoms with Crippen molar-refractivity contribution in [3.8, 4) is 22.6 Å². The van der Waals surface area contributed by atoms with Gasteiger partial charge in [0.2, 0.25) is 5.91 Å². The van der Waals surface area contributed by atoms with Gasteiger partial charge >= 0.3 is 0 Å². The average molecular weight is 719 g/mol. The van der Waals surface area contributed by atoms with E-state index in [1.807, 2.05) is 39.8 Å². The third-order valence-electron chi connectivity index (χ3n) is 9.75. The molecule has 0 radical (unpaired) electrons. The van der Waals surface area contributed by atoms with Crippen LogP contribution in [0.25, 0.3) is 27.7 Å². The van der Waals surface area contributed by atoms with Crippen LogP contribution in [0.15, 0.2) is 54.0 Å². The maximum Gasteiger partial charge on any atom is 0.281 e. The molecule has 6 rings (SSSR count). The molecule has 1 saturated heterocycles. The summed E-state index contributed by atoms with van der Waals surface area (Å²) in [6.07, 6.45) is 2.84. The number of anilines is 2. The van der Waals surface area contributed by atoms with Gasteiger partial charge in [-0.2, -0.15) is 0 Å². The second kappa shape index (κ2) is 13.7. The summed E-state index contributed by atoms with van der Waals surface area (Å²) in [6.45, 7) is 11.8. The molecule has 51 heavy (non-hydrogen) atoms. The molecule has 2 aliphatic heterocycles. The van der Waals surface area contributed by atoms with E-state index < -0.39 is 29.3 Å². The van der Waals surface area contributed by atoms with Crippen LogP contribution >= 0.6 is 11.6 Å². The molecule has 0 unspecified atom stereocenters. The number of piperazine rings is 1. The third kappa shape index (κ3) is 5.84. The van der Waals surface area contributed by atoms with E-state index in [1.165, 1.54) is 46.9 Å². The molecule has 2 atom stereocenters. The number of nitrogens with zero attached hydrogens (tertiary/aromatic N) is 6. The highest BCUT2D eigenvalue weighted by molar-refractivity contribution is 6.35. The van der Waals surface area contributed by atoms with Crippen LogP contribution in [-0.4, -0.2) is 90.6 Å². The largest absolute Gasteiger partial charge is 0.496 e. The minimum Gasteiger partial charge on any atom is -0.496 e. The number of amides is 2. The second-order valence-electron chi connectivity index (χ2n) is 13.6. The van der Waals surface area contributed by atoms with Crippen LogP contribution in [0, 0.1) is 18.6 Å². The van der Waals surface area contributed by atoms with Gasteiger partial charge in [-0.25, -0.2) is 8.78 Å². The maximum atomic E-state index is 17.8. The smallest absolute Gasteiger partial charge is 0.281 e. The zero-order chi connectivity index (χ0) is 37.0. The summed E-state index contributed by atoms with van der Waals surface area (Å²) >= 11 is 6.96. The number of ether oxygens (including phenoxy) is 1. The van der Waals surface area contributed by atoms with Gasteiger partial charge in [-0.15, -0.1) is 0 Å². The number of hydrogen-bond acceptors (Lipinski definition) is 7. The first-order valence-corrected chi connectivity index (χ1v) is 17.2. The van der Waals surface area contributed by atoms with Gasteiger partial charge in [-0.3, -0.25) is 23.9 Å². The number of rotatable bonds is 8. The predicted molar refractivity (Wildman–Crippen MR) is 196 cm³/mol. The molecule has 4 heterocycles. The summed E-state index contributed by atoms with van der Waals surface area (Å²) < 4.78 is 40.1. The summed E-state index contributed by atoms with van der Waals surface area (Å²) in [7, 11) is 5.06. The Balaban J connectivity index is 1.82. The molecule has 0 N–H and O–H groups in total. The van der Waals surface area contributed by atoms with Crippen LogP contribution in [-0.2, 0) is 9.59 Å². The summed E-state index contributed by atoms with van der Waals surface area (Å²) in [5.74, 6) is -2.54. The van der Waals surface area contributed by atoms with Gasteiger partial charge in [0.25, 0.3) is 11.5 Å². The van der Waals surface area contributed by atoms with Crippen molar-refractivity contribution in [3.05, 3.63) is 87.5 Å². The van der Waals surface area contributed by atoms with Gasteiger partial charge in [0, 0.05) is 42.8 Å². The molecule has 268 valence electrons. The van der Waals surface area contributed by atoms with E-state index in [9.17, 15) is 9.59 Å². The molecule has 13 heteroatoms. The van der Waals surface area contributed by atoms with Crippen LogP contribution in [0.1, 0.15) is 37.9 Å². The fourth-order valence-electron chi connectivity index (χ4n) is 7.29. The van der Waals surface area contributed by atoms with Gasteiger partial charge in [0.15, 0.2) is 5.82 Å². The topological polar surface area (TPSA) is 91.2 Å². The Kier molecular flexibility index (Phi) is 9.69. The number of methoxy groups -OCH3 is 1. The van der Waals surface area contributed by atoms with Crippen molar-refractivity contribution in [2.75, 3.05) is 57.2 Å². The number of carbonyl (C=O) groups excluding carboxylic acids is 2. The van der Waals surface area contributed by atoms with Gasteiger partial charge in [0.05, 0.1) is 46.8 Å². The summed E-state index contributed by atoms with van der Waals surface area (Å²) in [6, 6.07) is 6.11. The standard InChI is InChI=1S/C38H41ClF2N6O4/c1-9-28(48)45-19-26-37(49)44(16-15-43(6)7)36-35(46(26)18-22(45)5)23-17-24(39)29(30-25(40)11-10-12-27(30)51-8)31(41)34(23)47(38(36)50)33-21(4)13-14-42-32(33)20(2)3/h9-14,17,20,22,26H,1,15-16,18-19H2,2-8H3/t22-,26-/m1/s1. The van der Waals surface area contributed by atoms with Crippen molar-refractivity contribution in [2.45, 2.75) is 45.7 Å². The molecule has 2 aromatic heterocycles. The number of carbonyl (C=O) groups is 2. The van der Waals surface area contributed by atoms with Crippen molar-refractivity contribution < 1.29 is 23.1 Å².